The average molecular weight is 586 g/mol. The summed E-state index contributed by atoms with van der Waals surface area (Å²) >= 11 is 0. The molecule has 4 aromatic carbocycles. The van der Waals surface area contributed by atoms with Crippen molar-refractivity contribution in [2.24, 2.45) is 0 Å². The van der Waals surface area contributed by atoms with E-state index in [0.717, 1.165) is 0 Å². The van der Waals surface area contributed by atoms with Crippen molar-refractivity contribution in [3.8, 4) is 0 Å². The van der Waals surface area contributed by atoms with E-state index in [-0.39, 0.29) is 57.4 Å². The molecule has 0 aliphatic heterocycles. The summed E-state index contributed by atoms with van der Waals surface area (Å²) in [6.45, 7) is 9.24. The zero-order valence-corrected chi connectivity index (χ0v) is 25.0. The minimum Gasteiger partial charge on any atom is -1.00 e. The third-order valence-corrected chi connectivity index (χ3v) is 10.7. The topological polar surface area (TPSA) is 0 Å². The molecule has 5 heteroatoms. The Labute approximate surface area is 237 Å². The Morgan fingerprint density at radius 1 is 0.371 bits per heavy atom. The number of hydrogen-bond acceptors (Lipinski definition) is 0. The van der Waals surface area contributed by atoms with Crippen LogP contribution in [0.1, 0.15) is 27.7 Å². The molecule has 0 aromatic heterocycles. The molecule has 1 radical (unpaired) electrons. The second-order valence-electron chi connectivity index (χ2n) is 8.27. The van der Waals surface area contributed by atoms with Crippen LogP contribution in [0.2, 0.25) is 0 Å². The Morgan fingerprint density at radius 3 is 0.686 bits per heavy atom. The summed E-state index contributed by atoms with van der Waals surface area (Å²) in [5.74, 6) is 0. The van der Waals surface area contributed by atoms with Gasteiger partial charge in [-0.2, -0.15) is 0 Å². The van der Waals surface area contributed by atoms with Gasteiger partial charge in [0, 0.05) is 0 Å². The van der Waals surface area contributed by atoms with Gasteiger partial charge in [0.1, 0.15) is 0 Å². The molecule has 0 nitrogen and oxygen atoms in total. The molecule has 0 heterocycles. The van der Waals surface area contributed by atoms with E-state index in [1.54, 1.807) is 0 Å². The quantitative estimate of drug-likeness (QED) is 0.297. The summed E-state index contributed by atoms with van der Waals surface area (Å²) in [5, 5.41) is 5.88. The maximum Gasteiger partial charge on any atom is 2.00 e. The van der Waals surface area contributed by atoms with Gasteiger partial charge >= 0.3 is 16.8 Å². The molecule has 0 fully saturated rings. The fraction of sp³-hybridized carbons (Fsp3) is 0.200. The molecule has 0 atom stereocenters. The number of hydrogen-bond donors (Lipinski definition) is 0. The predicted octanol–water partition coefficient (Wildman–Crippen LogP) is 1.06. The van der Waals surface area contributed by atoms with Gasteiger partial charge in [0.15, 0.2) is 0 Å². The van der Waals surface area contributed by atoms with Crippen LogP contribution in [0.3, 0.4) is 0 Å². The van der Waals surface area contributed by atoms with Gasteiger partial charge in [-0.25, -0.2) is 0 Å². The summed E-state index contributed by atoms with van der Waals surface area (Å²) in [6.07, 6.45) is 0. The van der Waals surface area contributed by atoms with Crippen LogP contribution in [-0.4, -0.2) is 11.3 Å². The molecule has 0 N–H and O–H groups in total. The van der Waals surface area contributed by atoms with E-state index in [2.05, 4.69) is 149 Å². The monoisotopic (exact) mass is 585 g/mol. The Morgan fingerprint density at radius 2 is 0.543 bits per heavy atom. The minimum absolute atomic E-state index is 0. The number of rotatable bonds is 6. The van der Waals surface area contributed by atoms with Crippen LogP contribution >= 0.6 is 15.8 Å². The first-order valence-electron chi connectivity index (χ1n) is 11.4. The normalized spacial score (nSPS) is 10.1. The average Bonchev–Trinajstić information content (AvgIpc) is 2.82. The predicted molar refractivity (Wildman–Crippen MR) is 148 cm³/mol. The third kappa shape index (κ3) is 10.4. The second kappa shape index (κ2) is 18.1. The van der Waals surface area contributed by atoms with Crippen molar-refractivity contribution in [1.82, 2.24) is 0 Å². The van der Waals surface area contributed by atoms with Crippen molar-refractivity contribution in [3.63, 3.8) is 0 Å². The molecule has 187 valence electrons. The van der Waals surface area contributed by atoms with E-state index in [1.165, 1.54) is 21.2 Å². The molecule has 0 unspecified atom stereocenters. The first kappa shape index (κ1) is 33.8. The van der Waals surface area contributed by atoms with Crippen LogP contribution in [0.15, 0.2) is 121 Å². The van der Waals surface area contributed by atoms with Crippen LogP contribution in [0.25, 0.3) is 0 Å². The molecule has 0 aliphatic rings. The molecule has 0 saturated heterocycles. The summed E-state index contributed by atoms with van der Waals surface area (Å²) in [7, 11) is -0.420. The molecule has 0 spiro atoms. The Balaban J connectivity index is 0.000000608. The van der Waals surface area contributed by atoms with Crippen LogP contribution in [-0.2, 0) is 16.8 Å². The van der Waals surface area contributed by atoms with E-state index < -0.39 is 0 Å². The van der Waals surface area contributed by atoms with Crippen molar-refractivity contribution in [2.45, 2.75) is 39.0 Å². The third-order valence-electron chi connectivity index (χ3n) is 5.17. The minimum atomic E-state index is -0.210. The molecule has 0 bridgehead atoms. The summed E-state index contributed by atoms with van der Waals surface area (Å²) in [4.78, 5) is 0. The first-order chi connectivity index (χ1) is 15.6. The van der Waals surface area contributed by atoms with Gasteiger partial charge in [-0.3, -0.25) is 0 Å². The zero-order chi connectivity index (χ0) is 22.8. The van der Waals surface area contributed by atoms with Gasteiger partial charge in [-0.1, -0.05) is 149 Å². The molecular formula is C30H34Cl2CoP2. The van der Waals surface area contributed by atoms with Gasteiger partial charge < -0.3 is 24.8 Å². The van der Waals surface area contributed by atoms with Crippen molar-refractivity contribution in [3.05, 3.63) is 121 Å². The van der Waals surface area contributed by atoms with Crippen molar-refractivity contribution >= 4 is 37.1 Å². The summed E-state index contributed by atoms with van der Waals surface area (Å²) in [5.41, 5.74) is 1.36. The number of benzene rings is 4. The van der Waals surface area contributed by atoms with E-state index in [9.17, 15) is 0 Å². The second-order valence-corrected chi connectivity index (χ2v) is 13.9. The van der Waals surface area contributed by atoms with Gasteiger partial charge in [0.25, 0.3) is 0 Å². The molecule has 35 heavy (non-hydrogen) atoms. The molecular weight excluding hydrogens is 552 g/mol. The summed E-state index contributed by atoms with van der Waals surface area (Å²) < 4.78 is 0. The molecule has 0 amide bonds. The van der Waals surface area contributed by atoms with E-state index in [0.29, 0.717) is 11.3 Å². The van der Waals surface area contributed by atoms with E-state index >= 15 is 0 Å². The van der Waals surface area contributed by atoms with Crippen LogP contribution in [0.4, 0.5) is 0 Å². The molecule has 0 saturated carbocycles. The smallest absolute Gasteiger partial charge is 1.00 e. The maximum absolute atomic E-state index is 2.31. The standard InChI is InChI=1S/2C15H17P.2ClH.Co/c2*1-13(2)16(14-9-5-3-6-10-14)15-11-7-4-8-12-15;;;/h2*3-13H,1-2H3;2*1H;/q;;;;+2/p-2. The molecule has 0 aliphatic carbocycles. The SMILES string of the molecule is CC(C)P(c1ccccc1)c1ccccc1.CC(C)P(c1ccccc1)c1ccccc1.[Cl-].[Cl-].[Co+2]. The van der Waals surface area contributed by atoms with Crippen LogP contribution in [0, 0.1) is 0 Å². The molecule has 4 aromatic rings. The van der Waals surface area contributed by atoms with Gasteiger partial charge in [0.2, 0.25) is 0 Å². The maximum atomic E-state index is 2.31. The fourth-order valence-electron chi connectivity index (χ4n) is 3.85. The van der Waals surface area contributed by atoms with Crippen molar-refractivity contribution in [2.75, 3.05) is 0 Å². The molecule has 4 rings (SSSR count). The van der Waals surface area contributed by atoms with E-state index in [1.807, 2.05) is 0 Å². The Kier molecular flexibility index (Phi) is 17.5. The van der Waals surface area contributed by atoms with Crippen LogP contribution in [0.5, 0.6) is 0 Å². The van der Waals surface area contributed by atoms with Crippen molar-refractivity contribution < 1.29 is 41.6 Å². The van der Waals surface area contributed by atoms with Gasteiger partial charge in [-0.15, -0.1) is 0 Å². The van der Waals surface area contributed by atoms with Crippen LogP contribution < -0.4 is 46.0 Å². The first-order valence-corrected chi connectivity index (χ1v) is 14.2. The van der Waals surface area contributed by atoms with Gasteiger partial charge in [-0.05, 0) is 48.4 Å². The van der Waals surface area contributed by atoms with Gasteiger partial charge in [0.05, 0.1) is 0 Å². The summed E-state index contributed by atoms with van der Waals surface area (Å²) in [6, 6.07) is 43.4. The largest absolute Gasteiger partial charge is 2.00 e. The van der Waals surface area contributed by atoms with E-state index in [4.69, 9.17) is 0 Å². The zero-order valence-electron chi connectivity index (χ0n) is 20.7. The Bertz CT molecular complexity index is 865. The number of halogens is 2. The van der Waals surface area contributed by atoms with Crippen molar-refractivity contribution in [1.29, 1.82) is 0 Å². The Hall–Kier alpha value is -1.17. The fourth-order valence-corrected chi connectivity index (χ4v) is 8.80.